The molecule has 2 N–H and O–H groups in total. The molecule has 3 saturated carbocycles. The van der Waals surface area contributed by atoms with Crippen LogP contribution < -0.4 is 5.32 Å². The molecule has 5 heteroatoms. The Balaban J connectivity index is 1.54. The van der Waals surface area contributed by atoms with E-state index < -0.39 is 0 Å². The van der Waals surface area contributed by atoms with Crippen molar-refractivity contribution in [1.29, 1.82) is 0 Å². The van der Waals surface area contributed by atoms with Crippen molar-refractivity contribution in [1.82, 2.24) is 5.32 Å². The molecule has 5 aliphatic rings. The van der Waals surface area contributed by atoms with Crippen molar-refractivity contribution >= 4 is 7.12 Å². The fourth-order valence-corrected chi connectivity index (χ4v) is 5.03. The van der Waals surface area contributed by atoms with Gasteiger partial charge < -0.3 is 19.7 Å². The SMILES string of the molecule is CC1(C)[C@@H]2C[C@H]3OB([C@@H]4C[C@H](O)CN4)O[C@@]3(C)[C@H]1C2. The number of nitrogens with one attached hydrogen (secondary N) is 1. The predicted molar refractivity (Wildman–Crippen MR) is 72.5 cm³/mol. The minimum Gasteiger partial charge on any atom is -0.404 e. The van der Waals surface area contributed by atoms with E-state index in [1.807, 2.05) is 0 Å². The average Bonchev–Trinajstić information content (AvgIpc) is 2.90. The maximum Gasteiger partial charge on any atom is 0.475 e. The van der Waals surface area contributed by atoms with Crippen LogP contribution in [0.4, 0.5) is 0 Å². The fourth-order valence-electron chi connectivity index (χ4n) is 5.03. The van der Waals surface area contributed by atoms with Crippen LogP contribution >= 0.6 is 0 Å². The summed E-state index contributed by atoms with van der Waals surface area (Å²) in [4.78, 5) is 0. The predicted octanol–water partition coefficient (Wildman–Crippen LogP) is 0.977. The first-order valence-electron chi connectivity index (χ1n) is 7.66. The molecule has 106 valence electrons. The van der Waals surface area contributed by atoms with Crippen LogP contribution in [0.3, 0.4) is 0 Å². The molecule has 5 fully saturated rings. The second-order valence-electron chi connectivity index (χ2n) is 7.74. The normalized spacial score (nSPS) is 54.9. The van der Waals surface area contributed by atoms with Crippen LogP contribution in [0, 0.1) is 17.3 Å². The lowest BCUT2D eigenvalue weighted by Gasteiger charge is -2.64. The lowest BCUT2D eigenvalue weighted by atomic mass is 9.43. The van der Waals surface area contributed by atoms with Crippen LogP contribution in [0.1, 0.15) is 40.0 Å². The van der Waals surface area contributed by atoms with Crippen LogP contribution in [0.5, 0.6) is 0 Å². The third-order valence-electron chi connectivity index (χ3n) is 6.44. The zero-order valence-electron chi connectivity index (χ0n) is 12.1. The second-order valence-corrected chi connectivity index (χ2v) is 7.74. The van der Waals surface area contributed by atoms with Gasteiger partial charge in [-0.2, -0.15) is 0 Å². The molecule has 0 aromatic heterocycles. The Hall–Kier alpha value is -0.0951. The van der Waals surface area contributed by atoms with E-state index in [2.05, 4.69) is 26.1 Å². The van der Waals surface area contributed by atoms with E-state index in [4.69, 9.17) is 9.31 Å². The number of rotatable bonds is 1. The Morgan fingerprint density at radius 2 is 2.00 bits per heavy atom. The quantitative estimate of drug-likeness (QED) is 0.694. The summed E-state index contributed by atoms with van der Waals surface area (Å²) in [7, 11) is -0.178. The fraction of sp³-hybridized carbons (Fsp3) is 1.00. The van der Waals surface area contributed by atoms with Gasteiger partial charge in [0.15, 0.2) is 0 Å². The van der Waals surface area contributed by atoms with Crippen LogP contribution in [0.2, 0.25) is 0 Å². The van der Waals surface area contributed by atoms with Crippen molar-refractivity contribution in [3.05, 3.63) is 0 Å². The average molecular weight is 265 g/mol. The molecule has 3 aliphatic carbocycles. The van der Waals surface area contributed by atoms with E-state index in [1.54, 1.807) is 0 Å². The van der Waals surface area contributed by atoms with Crippen molar-refractivity contribution in [3.63, 3.8) is 0 Å². The number of β-amino-alcohol motifs (C(OH)–C–C–N with tert-alkyl or cyclic N) is 1. The largest absolute Gasteiger partial charge is 0.475 e. The highest BCUT2D eigenvalue weighted by atomic mass is 16.7. The summed E-state index contributed by atoms with van der Waals surface area (Å²) in [6, 6.07) is 0. The zero-order valence-corrected chi connectivity index (χ0v) is 12.1. The van der Waals surface area contributed by atoms with Gasteiger partial charge in [-0.3, -0.25) is 0 Å². The van der Waals surface area contributed by atoms with E-state index >= 15 is 0 Å². The van der Waals surface area contributed by atoms with E-state index in [9.17, 15) is 5.11 Å². The maximum atomic E-state index is 9.65. The van der Waals surface area contributed by atoms with Gasteiger partial charge in [0.2, 0.25) is 0 Å². The van der Waals surface area contributed by atoms with Crippen molar-refractivity contribution in [2.45, 2.75) is 63.8 Å². The minimum absolute atomic E-state index is 0.127. The van der Waals surface area contributed by atoms with Crippen molar-refractivity contribution < 1.29 is 14.4 Å². The summed E-state index contributed by atoms with van der Waals surface area (Å²) in [6.07, 6.45) is 3.15. The molecule has 0 amide bonds. The summed E-state index contributed by atoms with van der Waals surface area (Å²) < 4.78 is 12.6. The molecule has 0 spiro atoms. The summed E-state index contributed by atoms with van der Waals surface area (Å²) in [5.74, 6) is 1.55. The van der Waals surface area contributed by atoms with Gasteiger partial charge >= 0.3 is 7.12 Å². The van der Waals surface area contributed by atoms with Gasteiger partial charge in [0.1, 0.15) is 0 Å². The number of hydrogen-bond donors (Lipinski definition) is 2. The highest BCUT2D eigenvalue weighted by Crippen LogP contribution is 2.65. The first-order valence-corrected chi connectivity index (χ1v) is 7.66. The lowest BCUT2D eigenvalue weighted by Crippen LogP contribution is -2.65. The molecule has 5 rings (SSSR count). The Morgan fingerprint density at radius 3 is 2.63 bits per heavy atom. The monoisotopic (exact) mass is 265 g/mol. The van der Waals surface area contributed by atoms with Gasteiger partial charge in [0.25, 0.3) is 0 Å². The highest BCUT2D eigenvalue weighted by molar-refractivity contribution is 6.47. The maximum absolute atomic E-state index is 9.65. The molecule has 0 unspecified atom stereocenters. The van der Waals surface area contributed by atoms with Crippen LogP contribution in [0.15, 0.2) is 0 Å². The van der Waals surface area contributed by atoms with E-state index in [0.717, 1.165) is 18.8 Å². The van der Waals surface area contributed by atoms with E-state index in [1.165, 1.54) is 6.42 Å². The van der Waals surface area contributed by atoms with Gasteiger partial charge in [0.05, 0.1) is 17.8 Å². The molecule has 2 saturated heterocycles. The Morgan fingerprint density at radius 1 is 1.21 bits per heavy atom. The summed E-state index contributed by atoms with van der Waals surface area (Å²) >= 11 is 0. The Bertz CT molecular complexity index is 404. The van der Waals surface area contributed by atoms with Gasteiger partial charge in [-0.05, 0) is 43.4 Å². The lowest BCUT2D eigenvalue weighted by molar-refractivity contribution is -0.199. The molecule has 2 heterocycles. The third-order valence-corrected chi connectivity index (χ3v) is 6.44. The topological polar surface area (TPSA) is 50.7 Å². The van der Waals surface area contributed by atoms with Crippen LogP contribution in [-0.2, 0) is 9.31 Å². The van der Waals surface area contributed by atoms with E-state index in [0.29, 0.717) is 17.9 Å². The molecule has 19 heavy (non-hydrogen) atoms. The van der Waals surface area contributed by atoms with Crippen LogP contribution in [0.25, 0.3) is 0 Å². The molecule has 2 bridgehead atoms. The first-order chi connectivity index (χ1) is 8.91. The second kappa shape index (κ2) is 3.76. The van der Waals surface area contributed by atoms with Crippen molar-refractivity contribution in [3.8, 4) is 0 Å². The van der Waals surface area contributed by atoms with Crippen molar-refractivity contribution in [2.24, 2.45) is 17.3 Å². The van der Waals surface area contributed by atoms with Gasteiger partial charge in [0, 0.05) is 12.5 Å². The summed E-state index contributed by atoms with van der Waals surface area (Å²) in [5, 5.41) is 13.0. The van der Waals surface area contributed by atoms with Gasteiger partial charge in [-0.15, -0.1) is 0 Å². The molecule has 0 aromatic carbocycles. The molecule has 0 aromatic rings. The number of aliphatic hydroxyl groups excluding tert-OH is 1. The van der Waals surface area contributed by atoms with Crippen LogP contribution in [-0.4, -0.2) is 42.5 Å². The Kier molecular flexibility index (Phi) is 2.50. The molecular formula is C14H24BNO3. The minimum atomic E-state index is -0.252. The molecule has 0 radical (unpaired) electrons. The van der Waals surface area contributed by atoms with E-state index in [-0.39, 0.29) is 30.9 Å². The zero-order chi connectivity index (χ0) is 13.4. The number of aliphatic hydroxyl groups is 1. The number of hydrogen-bond acceptors (Lipinski definition) is 4. The van der Waals surface area contributed by atoms with Gasteiger partial charge in [-0.25, -0.2) is 0 Å². The van der Waals surface area contributed by atoms with Crippen molar-refractivity contribution in [2.75, 3.05) is 6.54 Å². The third kappa shape index (κ3) is 1.56. The smallest absolute Gasteiger partial charge is 0.404 e. The Labute approximate surface area is 115 Å². The molecule has 6 atom stereocenters. The highest BCUT2D eigenvalue weighted by Gasteiger charge is 2.68. The first kappa shape index (κ1) is 12.6. The molecule has 2 aliphatic heterocycles. The van der Waals surface area contributed by atoms with Gasteiger partial charge in [-0.1, -0.05) is 13.8 Å². The summed E-state index contributed by atoms with van der Waals surface area (Å²) in [5.41, 5.74) is 0.268. The summed E-state index contributed by atoms with van der Waals surface area (Å²) in [6.45, 7) is 7.65. The standard InChI is InChI=1S/C14H24BNO3/c1-13(2)8-4-10(13)14(3)11(5-8)18-15(19-14)12-6-9(17)7-16-12/h8-12,16-17H,4-7H2,1-3H3/t8-,9-,10-,11+,12-,14-/m0/s1. The molecular weight excluding hydrogens is 241 g/mol. The molecule has 4 nitrogen and oxygen atoms in total.